The maximum absolute atomic E-state index is 12.2. The maximum Gasteiger partial charge on any atom is 0.387 e. The molecule has 0 fully saturated rings. The van der Waals surface area contributed by atoms with Gasteiger partial charge in [-0.1, -0.05) is 25.1 Å². The van der Waals surface area contributed by atoms with Crippen LogP contribution >= 0.6 is 0 Å². The number of benzene rings is 1. The largest absolute Gasteiger partial charge is 0.481 e. The van der Waals surface area contributed by atoms with Gasteiger partial charge in [-0.25, -0.2) is 0 Å². The highest BCUT2D eigenvalue weighted by molar-refractivity contribution is 5.77. The average molecular weight is 301 g/mol. The summed E-state index contributed by atoms with van der Waals surface area (Å²) in [6.07, 6.45) is -0.0390. The topological polar surface area (TPSA) is 75.6 Å². The van der Waals surface area contributed by atoms with Crippen LogP contribution in [0.1, 0.15) is 25.3 Å². The van der Waals surface area contributed by atoms with Crippen molar-refractivity contribution in [1.82, 2.24) is 5.32 Å². The van der Waals surface area contributed by atoms with Crippen molar-refractivity contribution in [3.05, 3.63) is 29.8 Å². The number of nitrogens with one attached hydrogen (secondary N) is 1. The second kappa shape index (κ2) is 8.18. The SMILES string of the molecule is CC(CC(=O)O)CC(=O)NCc1ccccc1OC(F)F. The van der Waals surface area contributed by atoms with Crippen LogP contribution in [0, 0.1) is 5.92 Å². The molecule has 1 aromatic rings. The molecule has 21 heavy (non-hydrogen) atoms. The second-order valence-corrected chi connectivity index (χ2v) is 4.67. The number of halogens is 2. The molecule has 1 unspecified atom stereocenters. The van der Waals surface area contributed by atoms with Crippen LogP contribution < -0.4 is 10.1 Å². The predicted molar refractivity (Wildman–Crippen MR) is 71.0 cm³/mol. The van der Waals surface area contributed by atoms with E-state index in [0.717, 1.165) is 0 Å². The number of hydrogen-bond acceptors (Lipinski definition) is 3. The average Bonchev–Trinajstić information content (AvgIpc) is 2.35. The van der Waals surface area contributed by atoms with Gasteiger partial charge in [0, 0.05) is 24.9 Å². The molecule has 116 valence electrons. The summed E-state index contributed by atoms with van der Waals surface area (Å²) in [6, 6.07) is 6.16. The minimum Gasteiger partial charge on any atom is -0.481 e. The Balaban J connectivity index is 2.51. The highest BCUT2D eigenvalue weighted by Crippen LogP contribution is 2.20. The summed E-state index contributed by atoms with van der Waals surface area (Å²) < 4.78 is 28.8. The molecular formula is C14H17F2NO4. The van der Waals surface area contributed by atoms with Crippen molar-refractivity contribution in [2.45, 2.75) is 32.9 Å². The third kappa shape index (κ3) is 6.69. The van der Waals surface area contributed by atoms with Crippen molar-refractivity contribution < 1.29 is 28.2 Å². The minimum absolute atomic E-state index is 0.00591. The van der Waals surface area contributed by atoms with Crippen molar-refractivity contribution in [3.8, 4) is 5.75 Å². The van der Waals surface area contributed by atoms with E-state index in [0.29, 0.717) is 5.56 Å². The Morgan fingerprint density at radius 1 is 1.29 bits per heavy atom. The molecule has 1 atom stereocenters. The Morgan fingerprint density at radius 2 is 1.95 bits per heavy atom. The summed E-state index contributed by atoms with van der Waals surface area (Å²) in [5.41, 5.74) is 0.428. The van der Waals surface area contributed by atoms with Gasteiger partial charge in [-0.15, -0.1) is 0 Å². The lowest BCUT2D eigenvalue weighted by molar-refractivity contribution is -0.138. The molecule has 1 rings (SSSR count). The van der Waals surface area contributed by atoms with E-state index >= 15 is 0 Å². The molecule has 0 radical (unpaired) electrons. The summed E-state index contributed by atoms with van der Waals surface area (Å²) in [5, 5.41) is 11.2. The van der Waals surface area contributed by atoms with Gasteiger partial charge in [-0.2, -0.15) is 8.78 Å². The van der Waals surface area contributed by atoms with Gasteiger partial charge in [0.25, 0.3) is 0 Å². The second-order valence-electron chi connectivity index (χ2n) is 4.67. The molecule has 0 heterocycles. The fraction of sp³-hybridized carbons (Fsp3) is 0.429. The number of aliphatic carboxylic acids is 1. The molecule has 1 amide bonds. The van der Waals surface area contributed by atoms with Crippen LogP contribution in [0.4, 0.5) is 8.78 Å². The number of amides is 1. The van der Waals surface area contributed by atoms with Crippen molar-refractivity contribution in [1.29, 1.82) is 0 Å². The summed E-state index contributed by atoms with van der Waals surface area (Å²) in [5.74, 6) is -1.59. The van der Waals surface area contributed by atoms with Crippen molar-refractivity contribution in [2.24, 2.45) is 5.92 Å². The first-order chi connectivity index (χ1) is 9.88. The van der Waals surface area contributed by atoms with E-state index < -0.39 is 12.6 Å². The van der Waals surface area contributed by atoms with Gasteiger partial charge in [-0.05, 0) is 12.0 Å². The summed E-state index contributed by atoms with van der Waals surface area (Å²) >= 11 is 0. The van der Waals surface area contributed by atoms with Gasteiger partial charge in [0.2, 0.25) is 5.91 Å². The molecule has 0 spiro atoms. The highest BCUT2D eigenvalue weighted by atomic mass is 19.3. The van der Waals surface area contributed by atoms with Crippen LogP contribution in [0.2, 0.25) is 0 Å². The zero-order valence-corrected chi connectivity index (χ0v) is 11.5. The van der Waals surface area contributed by atoms with E-state index in [9.17, 15) is 18.4 Å². The van der Waals surface area contributed by atoms with Crippen LogP contribution in [0.15, 0.2) is 24.3 Å². The van der Waals surface area contributed by atoms with Crippen molar-refractivity contribution >= 4 is 11.9 Å². The lowest BCUT2D eigenvalue weighted by atomic mass is 10.0. The fourth-order valence-corrected chi connectivity index (χ4v) is 1.81. The van der Waals surface area contributed by atoms with E-state index in [2.05, 4.69) is 10.1 Å². The van der Waals surface area contributed by atoms with Crippen molar-refractivity contribution in [2.75, 3.05) is 0 Å². The molecule has 1 aromatic carbocycles. The number of para-hydroxylation sites is 1. The number of rotatable bonds is 8. The molecule has 0 aliphatic rings. The highest BCUT2D eigenvalue weighted by Gasteiger charge is 2.14. The molecule has 0 aromatic heterocycles. The Morgan fingerprint density at radius 3 is 2.57 bits per heavy atom. The van der Waals surface area contributed by atoms with Crippen LogP contribution in [0.5, 0.6) is 5.75 Å². The number of hydrogen-bond donors (Lipinski definition) is 2. The number of carboxylic acids is 1. The van der Waals surface area contributed by atoms with Gasteiger partial charge in [0.05, 0.1) is 0 Å². The zero-order chi connectivity index (χ0) is 15.8. The summed E-state index contributed by atoms with van der Waals surface area (Å²) in [4.78, 5) is 22.1. The quantitative estimate of drug-likeness (QED) is 0.773. The molecular weight excluding hydrogens is 284 g/mol. The van der Waals surface area contributed by atoms with E-state index in [1.165, 1.54) is 6.07 Å². The van der Waals surface area contributed by atoms with Crippen LogP contribution in [0.3, 0.4) is 0 Å². The third-order valence-electron chi connectivity index (χ3n) is 2.72. The van der Waals surface area contributed by atoms with Gasteiger partial charge in [0.1, 0.15) is 5.75 Å². The minimum atomic E-state index is -2.93. The van der Waals surface area contributed by atoms with Crippen molar-refractivity contribution in [3.63, 3.8) is 0 Å². The summed E-state index contributed by atoms with van der Waals surface area (Å²) in [6.45, 7) is -1.24. The molecule has 0 bridgehead atoms. The Hall–Kier alpha value is -2.18. The molecule has 2 N–H and O–H groups in total. The Labute approximate surface area is 120 Å². The molecule has 5 nitrogen and oxygen atoms in total. The smallest absolute Gasteiger partial charge is 0.387 e. The van der Waals surface area contributed by atoms with Crippen LogP contribution in [0.25, 0.3) is 0 Å². The zero-order valence-electron chi connectivity index (χ0n) is 11.5. The lowest BCUT2D eigenvalue weighted by Gasteiger charge is -2.12. The first-order valence-electron chi connectivity index (χ1n) is 6.39. The van der Waals surface area contributed by atoms with Gasteiger partial charge in [-0.3, -0.25) is 9.59 Å². The molecule has 0 aliphatic heterocycles. The van der Waals surface area contributed by atoms with Gasteiger partial charge >= 0.3 is 12.6 Å². The Kier molecular flexibility index (Phi) is 6.58. The third-order valence-corrected chi connectivity index (χ3v) is 2.72. The maximum atomic E-state index is 12.2. The first-order valence-corrected chi connectivity index (χ1v) is 6.39. The molecule has 0 saturated carbocycles. The fourth-order valence-electron chi connectivity index (χ4n) is 1.81. The molecule has 0 saturated heterocycles. The number of carboxylic acid groups (broad SMARTS) is 1. The normalized spacial score (nSPS) is 12.0. The number of alkyl halides is 2. The van der Waals surface area contributed by atoms with E-state index in [1.807, 2.05) is 0 Å². The van der Waals surface area contributed by atoms with E-state index in [1.54, 1.807) is 25.1 Å². The predicted octanol–water partition coefficient (Wildman–Crippen LogP) is 2.41. The van der Waals surface area contributed by atoms with Gasteiger partial charge in [0.15, 0.2) is 0 Å². The summed E-state index contributed by atoms with van der Waals surface area (Å²) in [7, 11) is 0. The molecule has 7 heteroatoms. The van der Waals surface area contributed by atoms with Crippen LogP contribution in [-0.2, 0) is 16.1 Å². The first kappa shape index (κ1) is 16.9. The number of carbonyl (C=O) groups is 2. The lowest BCUT2D eigenvalue weighted by Crippen LogP contribution is -2.25. The Bertz CT molecular complexity index is 494. The van der Waals surface area contributed by atoms with E-state index in [-0.39, 0.29) is 37.0 Å². The molecule has 0 aliphatic carbocycles. The number of carbonyl (C=O) groups excluding carboxylic acids is 1. The standard InChI is InChI=1S/C14H17F2NO4/c1-9(7-13(19)20)6-12(18)17-8-10-4-2-3-5-11(10)21-14(15)16/h2-5,9,14H,6-8H2,1H3,(H,17,18)(H,19,20). The van der Waals surface area contributed by atoms with Gasteiger partial charge < -0.3 is 15.2 Å². The van der Waals surface area contributed by atoms with E-state index in [4.69, 9.17) is 5.11 Å². The number of ether oxygens (including phenoxy) is 1. The monoisotopic (exact) mass is 301 g/mol. The van der Waals surface area contributed by atoms with Crippen LogP contribution in [-0.4, -0.2) is 23.6 Å².